The fraction of sp³-hybridized carbons (Fsp3) is 0.400. The molecular weight excluding hydrogens is 576 g/mol. The number of rotatable bonds is 9. The van der Waals surface area contributed by atoms with Crippen LogP contribution in [0.1, 0.15) is 24.2 Å². The van der Waals surface area contributed by atoms with Crippen LogP contribution in [0.3, 0.4) is 0 Å². The second-order valence-corrected chi connectivity index (χ2v) is 10.4. The van der Waals surface area contributed by atoms with E-state index in [0.717, 1.165) is 24.3 Å². The van der Waals surface area contributed by atoms with E-state index in [1.807, 2.05) is 18.7 Å². The lowest BCUT2D eigenvalue weighted by atomic mass is 10.1. The van der Waals surface area contributed by atoms with Gasteiger partial charge in [0.1, 0.15) is 5.82 Å². The molecule has 1 aliphatic heterocycles. The van der Waals surface area contributed by atoms with Crippen molar-refractivity contribution in [3.8, 4) is 0 Å². The van der Waals surface area contributed by atoms with Gasteiger partial charge in [0, 0.05) is 45.0 Å². The standard InChI is InChI=1S/C23H29FN4O5S.C2HF3O2/c1-3-27(4-2)22(29)16-26-11-13-28(14-12-26)18-7-10-21(20(15-18)23(30)31)25-34(32,33)19-8-5-17(24)6-9-19;3-2(4,5)1(6)7/h5-10,15,25H,3-4,11-14,16H2,1-2H3,(H,30,31);(H,6,7). The van der Waals surface area contributed by atoms with Gasteiger partial charge in [-0.25, -0.2) is 22.4 Å². The van der Waals surface area contributed by atoms with Gasteiger partial charge in [0.25, 0.3) is 10.0 Å². The van der Waals surface area contributed by atoms with Crippen LogP contribution in [0.15, 0.2) is 47.4 Å². The summed E-state index contributed by atoms with van der Waals surface area (Å²) in [5, 5.41) is 16.8. The summed E-state index contributed by atoms with van der Waals surface area (Å²) in [6, 6.07) is 8.76. The number of alkyl halides is 3. The minimum absolute atomic E-state index is 0.0796. The highest BCUT2D eigenvalue weighted by molar-refractivity contribution is 7.92. The maximum atomic E-state index is 13.1. The number of nitrogens with one attached hydrogen (secondary N) is 1. The molecular formula is C25H30F4N4O7S. The quantitative estimate of drug-likeness (QED) is 0.367. The van der Waals surface area contributed by atoms with Crippen LogP contribution in [-0.2, 0) is 19.6 Å². The Morgan fingerprint density at radius 2 is 1.49 bits per heavy atom. The number of hydrogen-bond donors (Lipinski definition) is 3. The second-order valence-electron chi connectivity index (χ2n) is 8.73. The van der Waals surface area contributed by atoms with Gasteiger partial charge >= 0.3 is 18.1 Å². The molecule has 1 heterocycles. The molecule has 0 bridgehead atoms. The van der Waals surface area contributed by atoms with Crippen LogP contribution in [-0.4, -0.2) is 98.3 Å². The Hall–Kier alpha value is -3.92. The van der Waals surface area contributed by atoms with Crippen molar-refractivity contribution in [3.05, 3.63) is 53.8 Å². The maximum Gasteiger partial charge on any atom is 0.490 e. The molecule has 16 heteroatoms. The molecule has 2 aromatic rings. The highest BCUT2D eigenvalue weighted by Crippen LogP contribution is 2.27. The number of carboxylic acid groups (broad SMARTS) is 2. The lowest BCUT2D eigenvalue weighted by molar-refractivity contribution is -0.192. The Labute approximate surface area is 234 Å². The molecule has 226 valence electrons. The molecule has 3 N–H and O–H groups in total. The minimum atomic E-state index is -5.08. The van der Waals surface area contributed by atoms with E-state index in [0.29, 0.717) is 51.5 Å². The van der Waals surface area contributed by atoms with Crippen LogP contribution in [0.5, 0.6) is 0 Å². The fourth-order valence-corrected chi connectivity index (χ4v) is 4.92. The molecule has 0 unspecified atom stereocenters. The molecule has 0 atom stereocenters. The summed E-state index contributed by atoms with van der Waals surface area (Å²) in [4.78, 5) is 38.8. The number of aromatic carboxylic acids is 1. The van der Waals surface area contributed by atoms with Gasteiger partial charge in [0.15, 0.2) is 0 Å². The Morgan fingerprint density at radius 1 is 0.951 bits per heavy atom. The predicted molar refractivity (Wildman–Crippen MR) is 141 cm³/mol. The summed E-state index contributed by atoms with van der Waals surface area (Å²) in [7, 11) is -4.09. The maximum absolute atomic E-state index is 13.1. The molecule has 1 fully saturated rings. The van der Waals surface area contributed by atoms with E-state index in [1.54, 1.807) is 11.0 Å². The third kappa shape index (κ3) is 9.60. The van der Waals surface area contributed by atoms with Gasteiger partial charge in [-0.1, -0.05) is 0 Å². The van der Waals surface area contributed by atoms with Crippen LogP contribution in [0, 0.1) is 5.82 Å². The van der Waals surface area contributed by atoms with Crippen LogP contribution >= 0.6 is 0 Å². The van der Waals surface area contributed by atoms with E-state index in [9.17, 15) is 40.7 Å². The number of anilines is 2. The molecule has 41 heavy (non-hydrogen) atoms. The number of piperazine rings is 1. The smallest absolute Gasteiger partial charge is 0.478 e. The van der Waals surface area contributed by atoms with E-state index in [4.69, 9.17) is 9.90 Å². The molecule has 3 rings (SSSR count). The molecule has 1 amide bonds. The van der Waals surface area contributed by atoms with Crippen molar-refractivity contribution in [1.82, 2.24) is 9.80 Å². The first kappa shape index (κ1) is 33.3. The number of carboxylic acids is 2. The summed E-state index contributed by atoms with van der Waals surface area (Å²) in [6.07, 6.45) is -5.08. The zero-order valence-electron chi connectivity index (χ0n) is 22.2. The highest BCUT2D eigenvalue weighted by atomic mass is 32.2. The van der Waals surface area contributed by atoms with Crippen LogP contribution in [0.2, 0.25) is 0 Å². The number of aliphatic carboxylic acids is 1. The molecule has 0 aliphatic carbocycles. The summed E-state index contributed by atoms with van der Waals surface area (Å²) < 4.78 is 72.4. The lowest BCUT2D eigenvalue weighted by Gasteiger charge is -2.36. The summed E-state index contributed by atoms with van der Waals surface area (Å²) in [5.41, 5.74) is 0.378. The van der Waals surface area contributed by atoms with Gasteiger partial charge in [0.2, 0.25) is 5.91 Å². The number of likely N-dealkylation sites (N-methyl/N-ethyl adjacent to an activating group) is 1. The van der Waals surface area contributed by atoms with Crippen molar-refractivity contribution in [2.75, 3.05) is 55.4 Å². The number of benzene rings is 2. The van der Waals surface area contributed by atoms with Gasteiger partial charge < -0.3 is 20.0 Å². The van der Waals surface area contributed by atoms with Gasteiger partial charge in [0.05, 0.1) is 22.7 Å². The van der Waals surface area contributed by atoms with E-state index in [1.165, 1.54) is 12.1 Å². The number of amides is 1. The summed E-state index contributed by atoms with van der Waals surface area (Å²) in [6.45, 7) is 8.08. The molecule has 11 nitrogen and oxygen atoms in total. The van der Waals surface area contributed by atoms with Gasteiger partial charge in [-0.05, 0) is 56.3 Å². The SMILES string of the molecule is CCN(CC)C(=O)CN1CCN(c2ccc(NS(=O)(=O)c3ccc(F)cc3)c(C(=O)O)c2)CC1.O=C(O)C(F)(F)F. The summed E-state index contributed by atoms with van der Waals surface area (Å²) >= 11 is 0. The van der Waals surface area contributed by atoms with Crippen LogP contribution in [0.4, 0.5) is 28.9 Å². The fourth-order valence-electron chi connectivity index (χ4n) is 3.84. The van der Waals surface area contributed by atoms with E-state index >= 15 is 0 Å². The topological polar surface area (TPSA) is 148 Å². The average Bonchev–Trinajstić information content (AvgIpc) is 2.90. The monoisotopic (exact) mass is 606 g/mol. The molecule has 2 aromatic carbocycles. The third-order valence-corrected chi connectivity index (χ3v) is 7.44. The molecule has 0 saturated carbocycles. The predicted octanol–water partition coefficient (Wildman–Crippen LogP) is 2.95. The number of carbonyl (C=O) groups excluding carboxylic acids is 1. The number of carbonyl (C=O) groups is 3. The van der Waals surface area contributed by atoms with Crippen LogP contribution < -0.4 is 9.62 Å². The lowest BCUT2D eigenvalue weighted by Crippen LogP contribution is -2.50. The molecule has 0 radical (unpaired) electrons. The van der Waals surface area contributed by atoms with Crippen molar-refractivity contribution >= 4 is 39.2 Å². The first-order valence-corrected chi connectivity index (χ1v) is 13.8. The van der Waals surface area contributed by atoms with E-state index < -0.39 is 34.0 Å². The normalized spacial score (nSPS) is 14.0. The number of sulfonamides is 1. The van der Waals surface area contributed by atoms with E-state index in [-0.39, 0.29) is 22.1 Å². The van der Waals surface area contributed by atoms with Gasteiger partial charge in [-0.15, -0.1) is 0 Å². The average molecular weight is 607 g/mol. The van der Waals surface area contributed by atoms with Crippen molar-refractivity contribution in [2.45, 2.75) is 24.9 Å². The van der Waals surface area contributed by atoms with Crippen molar-refractivity contribution in [2.24, 2.45) is 0 Å². The highest BCUT2D eigenvalue weighted by Gasteiger charge is 2.38. The first-order valence-electron chi connectivity index (χ1n) is 12.3. The zero-order chi connectivity index (χ0) is 31.0. The Balaban J connectivity index is 0.000000745. The Kier molecular flexibility index (Phi) is 11.5. The molecule has 0 aromatic heterocycles. The number of halogens is 4. The van der Waals surface area contributed by atoms with Gasteiger partial charge in [-0.3, -0.25) is 14.4 Å². The first-order chi connectivity index (χ1) is 19.1. The largest absolute Gasteiger partial charge is 0.490 e. The molecule has 1 aliphatic rings. The Morgan fingerprint density at radius 3 is 1.95 bits per heavy atom. The molecule has 0 spiro atoms. The van der Waals surface area contributed by atoms with Gasteiger partial charge in [-0.2, -0.15) is 13.2 Å². The molecule has 1 saturated heterocycles. The Bertz CT molecular complexity index is 1330. The summed E-state index contributed by atoms with van der Waals surface area (Å²) in [5.74, 6) is -4.52. The number of nitrogens with zero attached hydrogens (tertiary/aromatic N) is 3. The van der Waals surface area contributed by atoms with Crippen LogP contribution in [0.25, 0.3) is 0 Å². The van der Waals surface area contributed by atoms with E-state index in [2.05, 4.69) is 9.62 Å². The minimum Gasteiger partial charge on any atom is -0.478 e. The zero-order valence-corrected chi connectivity index (χ0v) is 23.0. The van der Waals surface area contributed by atoms with Crippen molar-refractivity contribution in [3.63, 3.8) is 0 Å². The van der Waals surface area contributed by atoms with Crippen molar-refractivity contribution in [1.29, 1.82) is 0 Å². The second kappa shape index (κ2) is 14.1. The van der Waals surface area contributed by atoms with Crippen molar-refractivity contribution < 1.29 is 50.6 Å². The number of hydrogen-bond acceptors (Lipinski definition) is 7. The third-order valence-electron chi connectivity index (χ3n) is 6.06.